The fraction of sp³-hybridized carbons (Fsp3) is 0.421. The van der Waals surface area contributed by atoms with Crippen molar-refractivity contribution in [3.05, 3.63) is 45.7 Å². The molecule has 8 nitrogen and oxygen atoms in total. The number of aliphatic imine (C=N–C) groups is 1. The minimum Gasteiger partial charge on any atom is -0.396 e. The number of aliphatic hydroxyl groups is 1. The van der Waals surface area contributed by atoms with Crippen molar-refractivity contribution in [2.75, 3.05) is 20.2 Å². The summed E-state index contributed by atoms with van der Waals surface area (Å²) in [6.07, 6.45) is 1.83. The number of hydrogen-bond acceptors (Lipinski definition) is 6. The maximum atomic E-state index is 13.3. The van der Waals surface area contributed by atoms with Gasteiger partial charge < -0.3 is 19.8 Å². The average Bonchev–Trinajstić information content (AvgIpc) is 3.19. The summed E-state index contributed by atoms with van der Waals surface area (Å²) < 4.78 is 0. The SMILES string of the molecule is CC1=CN2C(=NC3C2C(=O)N(Cc2c(Cl)cccc2Cl)C(=O)N3C)N1CCCO. The number of nitrogens with zero attached hydrogens (tertiary/aromatic N) is 5. The lowest BCUT2D eigenvalue weighted by atomic mass is 10.1. The predicted molar refractivity (Wildman–Crippen MR) is 109 cm³/mol. The normalized spacial score (nSPS) is 23.5. The van der Waals surface area contributed by atoms with Crippen LogP contribution in [0.4, 0.5) is 4.79 Å². The second-order valence-electron chi connectivity index (χ2n) is 7.21. The van der Waals surface area contributed by atoms with Crippen molar-refractivity contribution in [2.24, 2.45) is 4.99 Å². The molecule has 3 amide bonds. The predicted octanol–water partition coefficient (Wildman–Crippen LogP) is 2.31. The van der Waals surface area contributed by atoms with Crippen molar-refractivity contribution in [1.82, 2.24) is 19.6 Å². The molecule has 29 heavy (non-hydrogen) atoms. The van der Waals surface area contributed by atoms with Crippen molar-refractivity contribution in [3.8, 4) is 0 Å². The van der Waals surface area contributed by atoms with Crippen molar-refractivity contribution < 1.29 is 14.7 Å². The Morgan fingerprint density at radius 3 is 2.52 bits per heavy atom. The monoisotopic (exact) mass is 437 g/mol. The minimum absolute atomic E-state index is 0.0101. The quantitative estimate of drug-likeness (QED) is 0.764. The number of aliphatic hydroxyl groups excluding tert-OH is 1. The maximum absolute atomic E-state index is 13.3. The van der Waals surface area contributed by atoms with Gasteiger partial charge in [-0.15, -0.1) is 0 Å². The van der Waals surface area contributed by atoms with E-state index in [4.69, 9.17) is 28.3 Å². The number of rotatable bonds is 5. The van der Waals surface area contributed by atoms with Crippen LogP contribution >= 0.6 is 23.2 Å². The number of guanidine groups is 1. The molecule has 1 fully saturated rings. The van der Waals surface area contributed by atoms with Gasteiger partial charge in [-0.05, 0) is 25.5 Å². The van der Waals surface area contributed by atoms with E-state index in [1.165, 1.54) is 9.80 Å². The first-order chi connectivity index (χ1) is 13.8. The van der Waals surface area contributed by atoms with Gasteiger partial charge in [-0.1, -0.05) is 29.3 Å². The van der Waals surface area contributed by atoms with Crippen LogP contribution in [-0.4, -0.2) is 75.0 Å². The van der Waals surface area contributed by atoms with E-state index in [9.17, 15) is 9.59 Å². The number of hydrogen-bond donors (Lipinski definition) is 1. The molecule has 1 aromatic rings. The molecule has 2 atom stereocenters. The summed E-state index contributed by atoms with van der Waals surface area (Å²) in [7, 11) is 1.63. The van der Waals surface area contributed by atoms with E-state index in [-0.39, 0.29) is 19.1 Å². The summed E-state index contributed by atoms with van der Waals surface area (Å²) in [5.74, 6) is 0.275. The van der Waals surface area contributed by atoms with Crippen LogP contribution in [0, 0.1) is 0 Å². The van der Waals surface area contributed by atoms with Gasteiger partial charge >= 0.3 is 6.03 Å². The molecule has 4 rings (SSSR count). The summed E-state index contributed by atoms with van der Waals surface area (Å²) in [4.78, 5) is 37.3. The minimum atomic E-state index is -0.650. The number of imide groups is 1. The number of amides is 3. The number of urea groups is 1. The highest BCUT2D eigenvalue weighted by Crippen LogP contribution is 2.35. The van der Waals surface area contributed by atoms with Gasteiger partial charge in [-0.25, -0.2) is 9.79 Å². The molecule has 0 spiro atoms. The Hall–Kier alpha value is -2.29. The first-order valence-electron chi connectivity index (χ1n) is 9.29. The van der Waals surface area contributed by atoms with Crippen molar-refractivity contribution in [2.45, 2.75) is 32.1 Å². The molecule has 154 valence electrons. The number of allylic oxidation sites excluding steroid dienone is 1. The maximum Gasteiger partial charge on any atom is 0.328 e. The summed E-state index contributed by atoms with van der Waals surface area (Å²) in [5, 5.41) is 9.97. The van der Waals surface area contributed by atoms with Gasteiger partial charge in [-0.2, -0.15) is 0 Å². The Morgan fingerprint density at radius 2 is 1.86 bits per heavy atom. The fourth-order valence-electron chi connectivity index (χ4n) is 3.89. The molecular weight excluding hydrogens is 417 g/mol. The molecule has 1 aromatic carbocycles. The Labute approximate surface area is 178 Å². The molecule has 3 aliphatic heterocycles. The summed E-state index contributed by atoms with van der Waals surface area (Å²) in [6.45, 7) is 2.56. The highest BCUT2D eigenvalue weighted by atomic mass is 35.5. The van der Waals surface area contributed by atoms with Gasteiger partial charge in [0.1, 0.15) is 0 Å². The summed E-state index contributed by atoms with van der Waals surface area (Å²) in [5.41, 5.74) is 1.46. The van der Waals surface area contributed by atoms with Crippen molar-refractivity contribution in [3.63, 3.8) is 0 Å². The van der Waals surface area contributed by atoms with Crippen LogP contribution < -0.4 is 0 Å². The Morgan fingerprint density at radius 1 is 1.17 bits per heavy atom. The van der Waals surface area contributed by atoms with Gasteiger partial charge in [0.25, 0.3) is 5.91 Å². The van der Waals surface area contributed by atoms with Crippen LogP contribution in [-0.2, 0) is 11.3 Å². The molecule has 0 bridgehead atoms. The zero-order valence-electron chi connectivity index (χ0n) is 16.0. The third-order valence-electron chi connectivity index (χ3n) is 5.42. The van der Waals surface area contributed by atoms with E-state index in [2.05, 4.69) is 4.99 Å². The van der Waals surface area contributed by atoms with E-state index in [0.29, 0.717) is 34.5 Å². The fourth-order valence-corrected chi connectivity index (χ4v) is 4.41. The standard InChI is InChI=1S/C19H21Cl2N5O3/c1-11-9-25-15-16(22-18(25)24(11)7-4-8-27)23(2)19(29)26(17(15)28)10-12-13(20)5-3-6-14(12)21/h3,5-6,9,15-16,27H,4,7-8,10H2,1-2H3. The number of halogens is 2. The number of likely N-dealkylation sites (N-methyl/N-ethyl adjacent to an activating group) is 1. The second-order valence-corrected chi connectivity index (χ2v) is 8.03. The topological polar surface area (TPSA) is 79.7 Å². The molecule has 10 heteroatoms. The highest BCUT2D eigenvalue weighted by Gasteiger charge is 2.54. The zero-order valence-corrected chi connectivity index (χ0v) is 17.6. The van der Waals surface area contributed by atoms with E-state index in [1.807, 2.05) is 22.9 Å². The van der Waals surface area contributed by atoms with Crippen LogP contribution in [0.5, 0.6) is 0 Å². The number of carbonyl (C=O) groups excluding carboxylic acids is 2. The molecule has 0 aliphatic carbocycles. The largest absolute Gasteiger partial charge is 0.396 e. The van der Waals surface area contributed by atoms with E-state index >= 15 is 0 Å². The van der Waals surface area contributed by atoms with Crippen LogP contribution in [0.2, 0.25) is 10.0 Å². The second kappa shape index (κ2) is 7.51. The smallest absolute Gasteiger partial charge is 0.328 e. The Kier molecular flexibility index (Phi) is 5.18. The Balaban J connectivity index is 1.64. The summed E-state index contributed by atoms with van der Waals surface area (Å²) >= 11 is 12.5. The first-order valence-corrected chi connectivity index (χ1v) is 10.0. The number of carbonyl (C=O) groups is 2. The van der Waals surface area contributed by atoms with Gasteiger partial charge in [-0.3, -0.25) is 9.69 Å². The van der Waals surface area contributed by atoms with Crippen molar-refractivity contribution >= 4 is 41.1 Å². The Bertz CT molecular complexity index is 914. The van der Waals surface area contributed by atoms with Gasteiger partial charge in [0.15, 0.2) is 12.2 Å². The van der Waals surface area contributed by atoms with Crippen LogP contribution in [0.15, 0.2) is 35.1 Å². The molecule has 2 unspecified atom stereocenters. The van der Waals surface area contributed by atoms with E-state index < -0.39 is 18.2 Å². The zero-order chi connectivity index (χ0) is 20.9. The van der Waals surface area contributed by atoms with Gasteiger partial charge in [0, 0.05) is 47.7 Å². The average molecular weight is 438 g/mol. The first kappa shape index (κ1) is 20.0. The number of fused-ring (bicyclic) bond motifs is 3. The molecule has 0 aromatic heterocycles. The van der Waals surface area contributed by atoms with Gasteiger partial charge in [0.05, 0.1) is 6.54 Å². The molecule has 0 radical (unpaired) electrons. The molecule has 3 aliphatic rings. The van der Waals surface area contributed by atoms with Crippen LogP contribution in [0.25, 0.3) is 0 Å². The molecule has 1 saturated heterocycles. The van der Waals surface area contributed by atoms with Crippen molar-refractivity contribution in [1.29, 1.82) is 0 Å². The van der Waals surface area contributed by atoms with E-state index in [0.717, 1.165) is 5.70 Å². The lowest BCUT2D eigenvalue weighted by Gasteiger charge is -2.40. The molecule has 1 N–H and O–H groups in total. The van der Waals surface area contributed by atoms with Gasteiger partial charge in [0.2, 0.25) is 5.96 Å². The molecular formula is C19H21Cl2N5O3. The molecule has 3 heterocycles. The molecule has 0 saturated carbocycles. The lowest BCUT2D eigenvalue weighted by molar-refractivity contribution is -0.137. The van der Waals surface area contributed by atoms with E-state index in [1.54, 1.807) is 25.2 Å². The van der Waals surface area contributed by atoms with Crippen LogP contribution in [0.3, 0.4) is 0 Å². The summed E-state index contributed by atoms with van der Waals surface area (Å²) in [6, 6.07) is 3.97. The third-order valence-corrected chi connectivity index (χ3v) is 6.13. The third kappa shape index (κ3) is 3.15. The highest BCUT2D eigenvalue weighted by molar-refractivity contribution is 6.36. The lowest BCUT2D eigenvalue weighted by Crippen LogP contribution is -2.63. The van der Waals surface area contributed by atoms with Crippen LogP contribution in [0.1, 0.15) is 18.9 Å². The number of benzene rings is 1.